The summed E-state index contributed by atoms with van der Waals surface area (Å²) in [6.07, 6.45) is 2.28. The molecule has 5 heteroatoms. The van der Waals surface area contributed by atoms with Gasteiger partial charge in [0.15, 0.2) is 5.11 Å². The maximum atomic E-state index is 5.22. The second kappa shape index (κ2) is 8.66. The third-order valence-electron chi connectivity index (χ3n) is 3.18. The van der Waals surface area contributed by atoms with Gasteiger partial charge in [0.05, 0.1) is 0 Å². The predicted octanol–water partition coefficient (Wildman–Crippen LogP) is 0.829. The minimum absolute atomic E-state index is 0.744. The molecule has 0 bridgehead atoms. The lowest BCUT2D eigenvalue weighted by atomic mass is 10.1. The Balaban J connectivity index is 2.00. The number of hydrogen-bond donors (Lipinski definition) is 2. The van der Waals surface area contributed by atoms with Crippen LogP contribution in [-0.4, -0.2) is 56.5 Å². The van der Waals surface area contributed by atoms with Gasteiger partial charge < -0.3 is 20.3 Å². The van der Waals surface area contributed by atoms with Crippen LogP contribution in [0.1, 0.15) is 19.8 Å². The van der Waals surface area contributed by atoms with Crippen molar-refractivity contribution in [1.82, 2.24) is 15.5 Å². The third-order valence-corrected chi connectivity index (χ3v) is 3.47. The number of methoxy groups -OCH3 is 1. The van der Waals surface area contributed by atoms with Crippen LogP contribution in [0.4, 0.5) is 0 Å². The molecule has 1 atom stereocenters. The largest absolute Gasteiger partial charge is 0.385 e. The highest BCUT2D eigenvalue weighted by Crippen LogP contribution is 2.14. The average molecular weight is 259 g/mol. The van der Waals surface area contributed by atoms with Gasteiger partial charge in [0.1, 0.15) is 0 Å². The number of thiocarbonyl (C=S) groups is 1. The second-order valence-corrected chi connectivity index (χ2v) is 4.94. The number of likely N-dealkylation sites (tertiary alicyclic amines) is 1. The Morgan fingerprint density at radius 3 is 2.94 bits per heavy atom. The van der Waals surface area contributed by atoms with E-state index in [4.69, 9.17) is 17.0 Å². The van der Waals surface area contributed by atoms with Crippen LogP contribution >= 0.6 is 12.2 Å². The van der Waals surface area contributed by atoms with Crippen LogP contribution in [0.2, 0.25) is 0 Å². The fourth-order valence-electron chi connectivity index (χ4n) is 2.08. The van der Waals surface area contributed by atoms with Crippen molar-refractivity contribution >= 4 is 17.3 Å². The summed E-state index contributed by atoms with van der Waals surface area (Å²) in [6, 6.07) is 0. The Labute approximate surface area is 110 Å². The topological polar surface area (TPSA) is 36.5 Å². The summed E-state index contributed by atoms with van der Waals surface area (Å²) in [6.45, 7) is 8.47. The highest BCUT2D eigenvalue weighted by atomic mass is 32.1. The molecule has 0 aromatic heterocycles. The average Bonchev–Trinajstić information content (AvgIpc) is 2.80. The molecule has 0 radical (unpaired) electrons. The zero-order chi connectivity index (χ0) is 12.5. The van der Waals surface area contributed by atoms with E-state index in [1.54, 1.807) is 7.11 Å². The lowest BCUT2D eigenvalue weighted by Gasteiger charge is -2.15. The summed E-state index contributed by atoms with van der Waals surface area (Å²) >= 11 is 5.22. The first-order chi connectivity index (χ1) is 8.26. The predicted molar refractivity (Wildman–Crippen MR) is 75.3 cm³/mol. The van der Waals surface area contributed by atoms with Crippen LogP contribution in [-0.2, 0) is 4.74 Å². The smallest absolute Gasteiger partial charge is 0.166 e. The van der Waals surface area contributed by atoms with Crippen LogP contribution in [0, 0.1) is 5.92 Å². The third kappa shape index (κ3) is 6.19. The van der Waals surface area contributed by atoms with E-state index in [0.717, 1.165) is 43.7 Å². The van der Waals surface area contributed by atoms with Crippen molar-refractivity contribution in [3.8, 4) is 0 Å². The highest BCUT2D eigenvalue weighted by Gasteiger charge is 2.20. The molecule has 1 unspecified atom stereocenters. The summed E-state index contributed by atoms with van der Waals surface area (Å²) in [5, 5.41) is 7.27. The molecule has 0 aromatic rings. The summed E-state index contributed by atoms with van der Waals surface area (Å²) in [5.41, 5.74) is 0. The van der Waals surface area contributed by atoms with E-state index >= 15 is 0 Å². The molecule has 0 aliphatic carbocycles. The van der Waals surface area contributed by atoms with Crippen molar-refractivity contribution < 1.29 is 4.74 Å². The lowest BCUT2D eigenvalue weighted by molar-refractivity contribution is 0.195. The molecule has 100 valence electrons. The fourth-order valence-corrected chi connectivity index (χ4v) is 2.27. The Morgan fingerprint density at radius 2 is 2.29 bits per heavy atom. The highest BCUT2D eigenvalue weighted by molar-refractivity contribution is 7.80. The molecule has 1 rings (SSSR count). The molecule has 0 aromatic carbocycles. The molecule has 0 spiro atoms. The van der Waals surface area contributed by atoms with Crippen molar-refractivity contribution in [2.45, 2.75) is 19.8 Å². The quantitative estimate of drug-likeness (QED) is 0.523. The summed E-state index contributed by atoms with van der Waals surface area (Å²) in [7, 11) is 1.72. The van der Waals surface area contributed by atoms with E-state index in [-0.39, 0.29) is 0 Å². The van der Waals surface area contributed by atoms with Crippen molar-refractivity contribution in [3.05, 3.63) is 0 Å². The Morgan fingerprint density at radius 1 is 1.47 bits per heavy atom. The van der Waals surface area contributed by atoms with E-state index in [1.807, 2.05) is 0 Å². The molecule has 1 saturated heterocycles. The van der Waals surface area contributed by atoms with Gasteiger partial charge in [-0.2, -0.15) is 0 Å². The molecular formula is C12H25N3OS. The van der Waals surface area contributed by atoms with E-state index in [9.17, 15) is 0 Å². The molecule has 2 N–H and O–H groups in total. The Bertz CT molecular complexity index is 226. The van der Waals surface area contributed by atoms with Crippen molar-refractivity contribution in [2.75, 3.05) is 46.4 Å². The first-order valence-electron chi connectivity index (χ1n) is 6.49. The standard InChI is InChI=1S/C12H25N3OS/c1-3-15-7-5-11(10-15)9-14-12(17)13-6-4-8-16-2/h11H,3-10H2,1-2H3,(H2,13,14,17). The van der Waals surface area contributed by atoms with E-state index in [0.29, 0.717) is 0 Å². The molecule has 17 heavy (non-hydrogen) atoms. The van der Waals surface area contributed by atoms with Gasteiger partial charge in [0.25, 0.3) is 0 Å². The summed E-state index contributed by atoms with van der Waals surface area (Å²) < 4.78 is 4.98. The molecule has 1 aliphatic heterocycles. The maximum absolute atomic E-state index is 5.22. The number of nitrogens with zero attached hydrogens (tertiary/aromatic N) is 1. The number of hydrogen-bond acceptors (Lipinski definition) is 3. The van der Waals surface area contributed by atoms with Gasteiger partial charge in [-0.1, -0.05) is 6.92 Å². The molecule has 0 amide bonds. The fraction of sp³-hybridized carbons (Fsp3) is 0.917. The van der Waals surface area contributed by atoms with E-state index in [2.05, 4.69) is 22.5 Å². The van der Waals surface area contributed by atoms with Gasteiger partial charge in [-0.25, -0.2) is 0 Å². The first-order valence-corrected chi connectivity index (χ1v) is 6.90. The van der Waals surface area contributed by atoms with E-state index < -0.39 is 0 Å². The summed E-state index contributed by atoms with van der Waals surface area (Å²) in [4.78, 5) is 2.49. The van der Waals surface area contributed by atoms with Crippen LogP contribution in [0.25, 0.3) is 0 Å². The number of nitrogens with one attached hydrogen (secondary N) is 2. The van der Waals surface area contributed by atoms with Crippen LogP contribution in [0.15, 0.2) is 0 Å². The van der Waals surface area contributed by atoms with Gasteiger partial charge in [-0.05, 0) is 44.1 Å². The Hall–Kier alpha value is -0.390. The molecule has 0 saturated carbocycles. The molecule has 1 aliphatic rings. The van der Waals surface area contributed by atoms with Crippen LogP contribution in [0.3, 0.4) is 0 Å². The van der Waals surface area contributed by atoms with Gasteiger partial charge in [0, 0.05) is 33.4 Å². The zero-order valence-electron chi connectivity index (χ0n) is 11.0. The zero-order valence-corrected chi connectivity index (χ0v) is 11.8. The minimum Gasteiger partial charge on any atom is -0.385 e. The molecule has 4 nitrogen and oxygen atoms in total. The minimum atomic E-state index is 0.744. The van der Waals surface area contributed by atoms with Gasteiger partial charge >= 0.3 is 0 Å². The monoisotopic (exact) mass is 259 g/mol. The number of rotatable bonds is 7. The SMILES string of the molecule is CCN1CCC(CNC(=S)NCCCOC)C1. The lowest BCUT2D eigenvalue weighted by Crippen LogP contribution is -2.39. The van der Waals surface area contributed by atoms with Crippen molar-refractivity contribution in [3.63, 3.8) is 0 Å². The van der Waals surface area contributed by atoms with Gasteiger partial charge in [0.2, 0.25) is 0 Å². The second-order valence-electron chi connectivity index (χ2n) is 4.53. The van der Waals surface area contributed by atoms with Gasteiger partial charge in [-0.3, -0.25) is 0 Å². The van der Waals surface area contributed by atoms with Crippen molar-refractivity contribution in [1.29, 1.82) is 0 Å². The maximum Gasteiger partial charge on any atom is 0.166 e. The van der Waals surface area contributed by atoms with Gasteiger partial charge in [-0.15, -0.1) is 0 Å². The molecular weight excluding hydrogens is 234 g/mol. The summed E-state index contributed by atoms with van der Waals surface area (Å²) in [5.74, 6) is 0.744. The molecule has 1 heterocycles. The number of ether oxygens (including phenoxy) is 1. The first kappa shape index (κ1) is 14.7. The van der Waals surface area contributed by atoms with Crippen LogP contribution < -0.4 is 10.6 Å². The Kier molecular flexibility index (Phi) is 7.48. The normalized spacial score (nSPS) is 20.5. The molecule has 1 fully saturated rings. The van der Waals surface area contributed by atoms with Crippen molar-refractivity contribution in [2.24, 2.45) is 5.92 Å². The van der Waals surface area contributed by atoms with E-state index in [1.165, 1.54) is 19.5 Å². The van der Waals surface area contributed by atoms with Crippen LogP contribution in [0.5, 0.6) is 0 Å².